The number of unbranched alkanes of at least 4 members (excludes halogenated alkanes) is 2. The van der Waals surface area contributed by atoms with Gasteiger partial charge in [-0.05, 0) is 43.0 Å². The molecular weight excluding hydrogens is 316 g/mol. The van der Waals surface area contributed by atoms with Crippen LogP contribution >= 0.6 is 23.7 Å². The topological polar surface area (TPSA) is 46.3 Å². The van der Waals surface area contributed by atoms with Gasteiger partial charge in [0.05, 0.1) is 0 Å². The number of thiophene rings is 1. The molecule has 0 aliphatic heterocycles. The van der Waals surface area contributed by atoms with Crippen LogP contribution in [0.5, 0.6) is 0 Å². The molecule has 1 amide bonds. The summed E-state index contributed by atoms with van der Waals surface area (Å²) >= 11 is 1.82. The van der Waals surface area contributed by atoms with Crippen LogP contribution in [-0.2, 0) is 11.2 Å². The van der Waals surface area contributed by atoms with Crippen LogP contribution in [-0.4, -0.2) is 30.4 Å². The number of halogens is 1. The molecule has 0 saturated carbocycles. The first kappa shape index (κ1) is 21.4. The Labute approximate surface area is 145 Å². The van der Waals surface area contributed by atoms with Crippen LogP contribution in [0.25, 0.3) is 0 Å². The van der Waals surface area contributed by atoms with E-state index < -0.39 is 0 Å². The van der Waals surface area contributed by atoms with E-state index >= 15 is 0 Å². The number of amides is 1. The van der Waals surface area contributed by atoms with Gasteiger partial charge >= 0.3 is 0 Å². The lowest BCUT2D eigenvalue weighted by Crippen LogP contribution is -2.34. The molecule has 3 nitrogen and oxygen atoms in total. The summed E-state index contributed by atoms with van der Waals surface area (Å²) in [6.45, 7) is 5.02. The molecule has 22 heavy (non-hydrogen) atoms. The first-order chi connectivity index (χ1) is 10.0. The zero-order valence-electron chi connectivity index (χ0n) is 14.1. The second-order valence-corrected chi connectivity index (χ2v) is 7.18. The number of nitrogens with two attached hydrogens (primary N) is 1. The predicted octanol–water partition coefficient (Wildman–Crippen LogP) is 4.10. The minimum Gasteiger partial charge on any atom is -0.346 e. The van der Waals surface area contributed by atoms with E-state index in [1.54, 1.807) is 0 Å². The quantitative estimate of drug-likeness (QED) is 0.648. The van der Waals surface area contributed by atoms with E-state index in [9.17, 15) is 4.79 Å². The fourth-order valence-corrected chi connectivity index (χ4v) is 2.95. The van der Waals surface area contributed by atoms with Crippen LogP contribution in [0.2, 0.25) is 0 Å². The summed E-state index contributed by atoms with van der Waals surface area (Å²) < 4.78 is 0. The molecule has 0 radical (unpaired) electrons. The van der Waals surface area contributed by atoms with Crippen molar-refractivity contribution in [2.45, 2.75) is 58.4 Å². The molecule has 2 N–H and O–H groups in total. The number of aryl methyl sites for hydroxylation is 1. The zero-order valence-corrected chi connectivity index (χ0v) is 15.7. The monoisotopic (exact) mass is 346 g/mol. The molecule has 0 aliphatic rings. The standard InChI is InChI=1S/C17H30N2OS.ClH/c1-14(2)16(18)11-12-19(3)17(20)10-6-4-5-8-15-9-7-13-21-15;/h7,9,13-14,16H,4-6,8,10-12,18H2,1-3H3;1H. The fraction of sp³-hybridized carbons (Fsp3) is 0.706. The van der Waals surface area contributed by atoms with E-state index in [2.05, 4.69) is 31.4 Å². The SMILES string of the molecule is CC(C)C(N)CCN(C)C(=O)CCCCCc1cccs1.Cl. The minimum absolute atomic E-state index is 0. The van der Waals surface area contributed by atoms with Crippen molar-refractivity contribution in [3.05, 3.63) is 22.4 Å². The summed E-state index contributed by atoms with van der Waals surface area (Å²) in [6.07, 6.45) is 5.99. The van der Waals surface area contributed by atoms with Gasteiger partial charge in [0.1, 0.15) is 0 Å². The molecule has 1 aromatic rings. The van der Waals surface area contributed by atoms with E-state index in [4.69, 9.17) is 5.73 Å². The van der Waals surface area contributed by atoms with Gasteiger partial charge in [-0.15, -0.1) is 23.7 Å². The van der Waals surface area contributed by atoms with E-state index in [1.807, 2.05) is 23.3 Å². The molecular formula is C17H31ClN2OS. The summed E-state index contributed by atoms with van der Waals surface area (Å²) in [7, 11) is 1.89. The predicted molar refractivity (Wildman–Crippen MR) is 98.8 cm³/mol. The highest BCUT2D eigenvalue weighted by Gasteiger charge is 2.12. The molecule has 1 heterocycles. The van der Waals surface area contributed by atoms with Gasteiger partial charge in [0.25, 0.3) is 0 Å². The zero-order chi connectivity index (χ0) is 15.7. The number of hydrogen-bond acceptors (Lipinski definition) is 3. The number of hydrogen-bond donors (Lipinski definition) is 1. The molecule has 1 atom stereocenters. The van der Waals surface area contributed by atoms with Crippen molar-refractivity contribution in [2.75, 3.05) is 13.6 Å². The van der Waals surface area contributed by atoms with Crippen LogP contribution in [0.3, 0.4) is 0 Å². The molecule has 5 heteroatoms. The van der Waals surface area contributed by atoms with E-state index in [-0.39, 0.29) is 24.4 Å². The number of rotatable bonds is 10. The molecule has 1 aromatic heterocycles. The first-order valence-corrected chi connectivity index (χ1v) is 8.90. The van der Waals surface area contributed by atoms with Crippen molar-refractivity contribution in [3.8, 4) is 0 Å². The summed E-state index contributed by atoms with van der Waals surface area (Å²) in [5.74, 6) is 0.729. The molecule has 1 rings (SSSR count). The number of nitrogens with zero attached hydrogens (tertiary/aromatic N) is 1. The maximum atomic E-state index is 12.0. The van der Waals surface area contributed by atoms with Gasteiger partial charge in [-0.2, -0.15) is 0 Å². The molecule has 1 unspecified atom stereocenters. The van der Waals surface area contributed by atoms with Crippen LogP contribution in [0.4, 0.5) is 0 Å². The molecule has 0 saturated heterocycles. The Morgan fingerprint density at radius 3 is 2.64 bits per heavy atom. The van der Waals surface area contributed by atoms with Crippen LogP contribution in [0.1, 0.15) is 50.8 Å². The molecule has 0 aliphatic carbocycles. The second kappa shape index (κ2) is 11.9. The van der Waals surface area contributed by atoms with Crippen molar-refractivity contribution in [3.63, 3.8) is 0 Å². The average molecular weight is 347 g/mol. The first-order valence-electron chi connectivity index (χ1n) is 8.02. The smallest absolute Gasteiger partial charge is 0.222 e. The van der Waals surface area contributed by atoms with Gasteiger partial charge in [0.15, 0.2) is 0 Å². The largest absolute Gasteiger partial charge is 0.346 e. The van der Waals surface area contributed by atoms with E-state index in [1.165, 1.54) is 11.3 Å². The second-order valence-electron chi connectivity index (χ2n) is 6.15. The highest BCUT2D eigenvalue weighted by molar-refractivity contribution is 7.09. The molecule has 0 aromatic carbocycles. The maximum Gasteiger partial charge on any atom is 0.222 e. The third kappa shape index (κ3) is 8.76. The Bertz CT molecular complexity index is 395. The lowest BCUT2D eigenvalue weighted by Gasteiger charge is -2.21. The van der Waals surface area contributed by atoms with Crippen molar-refractivity contribution in [1.82, 2.24) is 4.90 Å². The van der Waals surface area contributed by atoms with Crippen molar-refractivity contribution in [1.29, 1.82) is 0 Å². The summed E-state index contributed by atoms with van der Waals surface area (Å²) in [5, 5.41) is 2.12. The lowest BCUT2D eigenvalue weighted by molar-refractivity contribution is -0.130. The molecule has 0 spiro atoms. The Balaban J connectivity index is 0.00000441. The molecule has 0 fully saturated rings. The summed E-state index contributed by atoms with van der Waals surface area (Å²) in [5.41, 5.74) is 6.01. The van der Waals surface area contributed by atoms with Gasteiger partial charge in [-0.25, -0.2) is 0 Å². The number of carbonyl (C=O) groups excluding carboxylic acids is 1. The molecule has 128 valence electrons. The third-order valence-corrected chi connectivity index (χ3v) is 4.91. The van der Waals surface area contributed by atoms with Crippen LogP contribution < -0.4 is 5.73 Å². The third-order valence-electron chi connectivity index (χ3n) is 3.97. The van der Waals surface area contributed by atoms with Gasteiger partial charge < -0.3 is 10.6 Å². The Morgan fingerprint density at radius 1 is 1.32 bits per heavy atom. The van der Waals surface area contributed by atoms with Gasteiger partial charge in [-0.1, -0.05) is 26.3 Å². The van der Waals surface area contributed by atoms with Crippen LogP contribution in [0.15, 0.2) is 17.5 Å². The van der Waals surface area contributed by atoms with E-state index in [0.717, 1.165) is 32.2 Å². The van der Waals surface area contributed by atoms with Crippen molar-refractivity contribution in [2.24, 2.45) is 11.7 Å². The highest BCUT2D eigenvalue weighted by atomic mass is 35.5. The maximum absolute atomic E-state index is 12.0. The van der Waals surface area contributed by atoms with Crippen molar-refractivity contribution >= 4 is 29.7 Å². The average Bonchev–Trinajstić information content (AvgIpc) is 2.96. The Morgan fingerprint density at radius 2 is 2.05 bits per heavy atom. The van der Waals surface area contributed by atoms with Gasteiger partial charge in [-0.3, -0.25) is 4.79 Å². The molecule has 0 bridgehead atoms. The Hall–Kier alpha value is -0.580. The normalized spacial score (nSPS) is 12.0. The van der Waals surface area contributed by atoms with Crippen LogP contribution in [0, 0.1) is 5.92 Å². The van der Waals surface area contributed by atoms with Gasteiger partial charge in [0.2, 0.25) is 5.91 Å². The minimum atomic E-state index is 0. The summed E-state index contributed by atoms with van der Waals surface area (Å²) in [4.78, 5) is 15.3. The summed E-state index contributed by atoms with van der Waals surface area (Å²) in [6, 6.07) is 4.47. The fourth-order valence-electron chi connectivity index (χ4n) is 2.20. The van der Waals surface area contributed by atoms with E-state index in [0.29, 0.717) is 12.3 Å². The Kier molecular flexibility index (Phi) is 11.6. The number of carbonyl (C=O) groups is 1. The van der Waals surface area contributed by atoms with Gasteiger partial charge in [0, 0.05) is 30.9 Å². The lowest BCUT2D eigenvalue weighted by atomic mass is 10.0. The highest BCUT2D eigenvalue weighted by Crippen LogP contribution is 2.13. The van der Waals surface area contributed by atoms with Crippen molar-refractivity contribution < 1.29 is 4.79 Å².